The normalized spacial score (nSPS) is 10.0. The summed E-state index contributed by atoms with van der Waals surface area (Å²) in [5, 5.41) is 26.5. The van der Waals surface area contributed by atoms with Crippen LogP contribution in [0.25, 0.3) is 11.3 Å². The van der Waals surface area contributed by atoms with Crippen molar-refractivity contribution in [1.82, 2.24) is 15.0 Å². The van der Waals surface area contributed by atoms with Gasteiger partial charge in [0.05, 0.1) is 29.6 Å². The van der Waals surface area contributed by atoms with Crippen LogP contribution >= 0.6 is 0 Å². The number of nitriles is 2. The molecule has 110 valence electrons. The molecule has 0 saturated carbocycles. The highest BCUT2D eigenvalue weighted by Crippen LogP contribution is 2.28. The van der Waals surface area contributed by atoms with E-state index in [2.05, 4.69) is 10.3 Å². The first kappa shape index (κ1) is 14.3. The fourth-order valence-electron chi connectivity index (χ4n) is 2.32. The topological polar surface area (TPSA) is 104 Å². The lowest BCUT2D eigenvalue weighted by molar-refractivity contribution is 0.650. The van der Waals surface area contributed by atoms with Crippen LogP contribution in [0.5, 0.6) is 0 Å². The highest BCUT2D eigenvalue weighted by atomic mass is 15.4. The molecule has 1 aromatic heterocycles. The molecule has 0 radical (unpaired) electrons. The summed E-state index contributed by atoms with van der Waals surface area (Å²) in [6.07, 6.45) is 1.76. The number of hydrogen-bond acceptors (Lipinski definition) is 5. The Labute approximate surface area is 133 Å². The van der Waals surface area contributed by atoms with Gasteiger partial charge >= 0.3 is 0 Å². The molecule has 6 nitrogen and oxygen atoms in total. The minimum atomic E-state index is 0.171. The Hall–Kier alpha value is -3.64. The summed E-state index contributed by atoms with van der Waals surface area (Å²) in [5.41, 5.74) is 8.79. The summed E-state index contributed by atoms with van der Waals surface area (Å²) in [4.78, 5) is 0. The molecule has 0 unspecified atom stereocenters. The van der Waals surface area contributed by atoms with Crippen molar-refractivity contribution in [3.8, 4) is 23.4 Å². The van der Waals surface area contributed by atoms with Gasteiger partial charge in [0, 0.05) is 5.56 Å². The van der Waals surface area contributed by atoms with Crippen molar-refractivity contribution in [3.05, 3.63) is 65.4 Å². The quantitative estimate of drug-likeness (QED) is 0.747. The van der Waals surface area contributed by atoms with Gasteiger partial charge < -0.3 is 5.73 Å². The van der Waals surface area contributed by atoms with E-state index in [4.69, 9.17) is 11.0 Å². The van der Waals surface area contributed by atoms with Gasteiger partial charge in [0.1, 0.15) is 17.8 Å². The standard InChI is InChI=1S/C17H12N6/c18-8-13-6-7-14(15(9-19)17(13)20)16-11-23(22-21-16)10-12-4-2-1-3-5-12/h1-7,11H,10,20H2. The first-order valence-corrected chi connectivity index (χ1v) is 6.90. The summed E-state index contributed by atoms with van der Waals surface area (Å²) in [5.74, 6) is 0. The van der Waals surface area contributed by atoms with Crippen LogP contribution in [0.1, 0.15) is 16.7 Å². The molecule has 0 fully saturated rings. The number of aromatic nitrogens is 3. The van der Waals surface area contributed by atoms with Crippen molar-refractivity contribution < 1.29 is 0 Å². The minimum Gasteiger partial charge on any atom is -0.397 e. The average Bonchev–Trinajstić information content (AvgIpc) is 3.03. The van der Waals surface area contributed by atoms with Gasteiger partial charge in [-0.25, -0.2) is 4.68 Å². The Bertz CT molecular complexity index is 928. The Morgan fingerprint density at radius 3 is 2.52 bits per heavy atom. The zero-order valence-electron chi connectivity index (χ0n) is 12.1. The van der Waals surface area contributed by atoms with Crippen molar-refractivity contribution in [2.24, 2.45) is 0 Å². The van der Waals surface area contributed by atoms with Crippen LogP contribution in [0, 0.1) is 22.7 Å². The monoisotopic (exact) mass is 300 g/mol. The predicted octanol–water partition coefficient (Wildman–Crippen LogP) is 2.32. The van der Waals surface area contributed by atoms with Crippen molar-refractivity contribution in [2.45, 2.75) is 6.54 Å². The summed E-state index contributed by atoms with van der Waals surface area (Å²) in [6, 6.07) is 17.1. The molecule has 0 aliphatic rings. The van der Waals surface area contributed by atoms with Crippen LogP contribution in [0.2, 0.25) is 0 Å². The smallest absolute Gasteiger partial charge is 0.114 e. The lowest BCUT2D eigenvalue weighted by Gasteiger charge is -2.05. The third-order valence-electron chi connectivity index (χ3n) is 3.48. The summed E-state index contributed by atoms with van der Waals surface area (Å²) >= 11 is 0. The predicted molar refractivity (Wildman–Crippen MR) is 84.8 cm³/mol. The zero-order valence-corrected chi connectivity index (χ0v) is 12.1. The molecule has 0 atom stereocenters. The van der Waals surface area contributed by atoms with E-state index >= 15 is 0 Å². The average molecular weight is 300 g/mol. The zero-order chi connectivity index (χ0) is 16.2. The van der Waals surface area contributed by atoms with Gasteiger partial charge in [-0.05, 0) is 17.7 Å². The van der Waals surface area contributed by atoms with Gasteiger partial charge in [0.2, 0.25) is 0 Å². The van der Waals surface area contributed by atoms with Gasteiger partial charge in [-0.3, -0.25) is 0 Å². The van der Waals surface area contributed by atoms with Crippen LogP contribution < -0.4 is 5.73 Å². The lowest BCUT2D eigenvalue weighted by atomic mass is 10.0. The molecule has 6 heteroatoms. The van der Waals surface area contributed by atoms with Gasteiger partial charge in [-0.15, -0.1) is 5.10 Å². The van der Waals surface area contributed by atoms with Crippen molar-refractivity contribution in [3.63, 3.8) is 0 Å². The Kier molecular flexibility index (Phi) is 3.73. The van der Waals surface area contributed by atoms with Crippen molar-refractivity contribution in [2.75, 3.05) is 5.73 Å². The Morgan fingerprint density at radius 2 is 1.83 bits per heavy atom. The van der Waals surface area contributed by atoms with Gasteiger partial charge in [-0.1, -0.05) is 35.5 Å². The van der Waals surface area contributed by atoms with E-state index in [-0.39, 0.29) is 16.8 Å². The van der Waals surface area contributed by atoms with Crippen molar-refractivity contribution in [1.29, 1.82) is 10.5 Å². The number of nitrogens with two attached hydrogens (primary N) is 1. The maximum atomic E-state index is 9.33. The van der Waals surface area contributed by atoms with Crippen LogP contribution in [-0.4, -0.2) is 15.0 Å². The third-order valence-corrected chi connectivity index (χ3v) is 3.48. The first-order valence-electron chi connectivity index (χ1n) is 6.90. The first-order chi connectivity index (χ1) is 11.2. The molecule has 1 heterocycles. The van der Waals surface area contributed by atoms with E-state index in [1.54, 1.807) is 23.0 Å². The molecule has 0 bridgehead atoms. The van der Waals surface area contributed by atoms with E-state index in [0.717, 1.165) is 5.56 Å². The largest absolute Gasteiger partial charge is 0.397 e. The number of nitrogens with zero attached hydrogens (tertiary/aromatic N) is 5. The minimum absolute atomic E-state index is 0.171. The maximum absolute atomic E-state index is 9.33. The number of hydrogen-bond donors (Lipinski definition) is 1. The molecule has 0 saturated heterocycles. The molecular weight excluding hydrogens is 288 g/mol. The molecule has 0 aliphatic heterocycles. The number of rotatable bonds is 3. The van der Waals surface area contributed by atoms with E-state index in [1.165, 1.54) is 0 Å². The van der Waals surface area contributed by atoms with E-state index < -0.39 is 0 Å². The second-order valence-corrected chi connectivity index (χ2v) is 4.96. The highest BCUT2D eigenvalue weighted by molar-refractivity contribution is 5.78. The second kappa shape index (κ2) is 6.00. The molecular formula is C17H12N6. The van der Waals surface area contributed by atoms with Gasteiger partial charge in [-0.2, -0.15) is 10.5 Å². The van der Waals surface area contributed by atoms with Crippen LogP contribution in [0.4, 0.5) is 5.69 Å². The fourth-order valence-corrected chi connectivity index (χ4v) is 2.32. The molecule has 23 heavy (non-hydrogen) atoms. The Morgan fingerprint density at radius 1 is 1.04 bits per heavy atom. The maximum Gasteiger partial charge on any atom is 0.114 e. The number of anilines is 1. The SMILES string of the molecule is N#Cc1ccc(-c2cn(Cc3ccccc3)nn2)c(C#N)c1N. The molecule has 0 aliphatic carbocycles. The third kappa shape index (κ3) is 2.74. The molecule has 3 aromatic rings. The molecule has 0 amide bonds. The molecule has 2 N–H and O–H groups in total. The number of benzene rings is 2. The molecule has 2 aromatic carbocycles. The van der Waals surface area contributed by atoms with Crippen LogP contribution in [-0.2, 0) is 6.54 Å². The second-order valence-electron chi connectivity index (χ2n) is 4.96. The summed E-state index contributed by atoms with van der Waals surface area (Å²) in [7, 11) is 0. The summed E-state index contributed by atoms with van der Waals surface area (Å²) in [6.45, 7) is 0.585. The number of nitrogen functional groups attached to an aromatic ring is 1. The van der Waals surface area contributed by atoms with Crippen molar-refractivity contribution >= 4 is 5.69 Å². The van der Waals surface area contributed by atoms with Crippen LogP contribution in [0.15, 0.2) is 48.7 Å². The molecule has 3 rings (SSSR count). The van der Waals surface area contributed by atoms with E-state index in [1.807, 2.05) is 42.5 Å². The Balaban J connectivity index is 1.97. The highest BCUT2D eigenvalue weighted by Gasteiger charge is 2.14. The van der Waals surface area contributed by atoms with E-state index in [0.29, 0.717) is 17.8 Å². The summed E-state index contributed by atoms with van der Waals surface area (Å²) < 4.78 is 1.69. The van der Waals surface area contributed by atoms with Gasteiger partial charge in [0.25, 0.3) is 0 Å². The molecule has 0 spiro atoms. The van der Waals surface area contributed by atoms with Crippen LogP contribution in [0.3, 0.4) is 0 Å². The lowest BCUT2D eigenvalue weighted by Crippen LogP contribution is -1.99. The fraction of sp³-hybridized carbons (Fsp3) is 0.0588. The van der Waals surface area contributed by atoms with Gasteiger partial charge in [0.15, 0.2) is 0 Å². The van der Waals surface area contributed by atoms with E-state index in [9.17, 15) is 5.26 Å².